The van der Waals surface area contributed by atoms with E-state index in [-0.39, 0.29) is 5.97 Å². The molecule has 0 amide bonds. The van der Waals surface area contributed by atoms with Gasteiger partial charge >= 0.3 is 5.97 Å². The third-order valence-corrected chi connectivity index (χ3v) is 3.54. The Bertz CT molecular complexity index is 470. The molecule has 1 aromatic rings. The van der Waals surface area contributed by atoms with Gasteiger partial charge in [0.15, 0.2) is 0 Å². The summed E-state index contributed by atoms with van der Waals surface area (Å²) in [5.41, 5.74) is 1.58. The van der Waals surface area contributed by atoms with E-state index in [9.17, 15) is 4.79 Å². The lowest BCUT2D eigenvalue weighted by molar-refractivity contribution is -0.147. The standard InChI is InChI=1S/C17H22O2/c1-5-6-7-8-12-17(3,16(18)19-4)15-11-9-10-14(2)13-15/h1,9-11,13H,6-8,12H2,2-4H3. The Balaban J connectivity index is 2.93. The summed E-state index contributed by atoms with van der Waals surface area (Å²) in [6.45, 7) is 3.98. The Morgan fingerprint density at radius 1 is 1.42 bits per heavy atom. The fraction of sp³-hybridized carbons (Fsp3) is 0.471. The van der Waals surface area contributed by atoms with Gasteiger partial charge in [0.1, 0.15) is 0 Å². The quantitative estimate of drug-likeness (QED) is 0.442. The number of carbonyl (C=O) groups is 1. The van der Waals surface area contributed by atoms with Gasteiger partial charge in [-0.05, 0) is 32.3 Å². The minimum absolute atomic E-state index is 0.182. The van der Waals surface area contributed by atoms with Crippen LogP contribution < -0.4 is 0 Å². The fourth-order valence-corrected chi connectivity index (χ4v) is 2.28. The number of esters is 1. The van der Waals surface area contributed by atoms with Gasteiger partial charge in [-0.2, -0.15) is 0 Å². The lowest BCUT2D eigenvalue weighted by atomic mass is 9.77. The Morgan fingerprint density at radius 3 is 2.74 bits per heavy atom. The van der Waals surface area contributed by atoms with E-state index in [4.69, 9.17) is 11.2 Å². The molecule has 0 aliphatic rings. The Kier molecular flexibility index (Phi) is 5.63. The molecule has 0 saturated carbocycles. The SMILES string of the molecule is C#CCCCCC(C)(C(=O)OC)c1cccc(C)c1. The maximum Gasteiger partial charge on any atom is 0.315 e. The normalized spacial score (nSPS) is 13.4. The summed E-state index contributed by atoms with van der Waals surface area (Å²) in [4.78, 5) is 12.1. The molecule has 1 atom stereocenters. The van der Waals surface area contributed by atoms with E-state index < -0.39 is 5.41 Å². The Hall–Kier alpha value is -1.75. The van der Waals surface area contributed by atoms with Crippen molar-refractivity contribution in [1.82, 2.24) is 0 Å². The van der Waals surface area contributed by atoms with Gasteiger partial charge in [0.05, 0.1) is 12.5 Å². The van der Waals surface area contributed by atoms with Gasteiger partial charge in [0, 0.05) is 6.42 Å². The van der Waals surface area contributed by atoms with Gasteiger partial charge in [-0.25, -0.2) is 0 Å². The molecule has 0 fully saturated rings. The van der Waals surface area contributed by atoms with Crippen molar-refractivity contribution in [3.8, 4) is 12.3 Å². The second-order valence-electron chi connectivity index (χ2n) is 5.10. The second-order valence-corrected chi connectivity index (χ2v) is 5.10. The van der Waals surface area contributed by atoms with Gasteiger partial charge in [-0.1, -0.05) is 36.2 Å². The maximum atomic E-state index is 12.1. The molecule has 0 aliphatic carbocycles. The monoisotopic (exact) mass is 258 g/mol. The number of benzene rings is 1. The number of methoxy groups -OCH3 is 1. The number of carbonyl (C=O) groups excluding carboxylic acids is 1. The highest BCUT2D eigenvalue weighted by atomic mass is 16.5. The molecular weight excluding hydrogens is 236 g/mol. The van der Waals surface area contributed by atoms with Crippen molar-refractivity contribution in [2.75, 3.05) is 7.11 Å². The largest absolute Gasteiger partial charge is 0.468 e. The van der Waals surface area contributed by atoms with Crippen molar-refractivity contribution in [2.45, 2.75) is 44.9 Å². The average molecular weight is 258 g/mol. The molecule has 0 radical (unpaired) electrons. The summed E-state index contributed by atoms with van der Waals surface area (Å²) in [6.07, 6.45) is 8.62. The van der Waals surface area contributed by atoms with E-state index in [1.807, 2.05) is 32.0 Å². The van der Waals surface area contributed by atoms with Crippen LogP contribution in [0.2, 0.25) is 0 Å². The lowest BCUT2D eigenvalue weighted by Gasteiger charge is -2.27. The van der Waals surface area contributed by atoms with Crippen LogP contribution in [0.1, 0.15) is 43.7 Å². The van der Waals surface area contributed by atoms with Crippen molar-refractivity contribution in [1.29, 1.82) is 0 Å². The molecule has 1 rings (SSSR count). The van der Waals surface area contributed by atoms with Crippen LogP contribution >= 0.6 is 0 Å². The fourth-order valence-electron chi connectivity index (χ4n) is 2.28. The van der Waals surface area contributed by atoms with Crippen LogP contribution in [0, 0.1) is 19.3 Å². The van der Waals surface area contributed by atoms with Crippen molar-refractivity contribution in [3.63, 3.8) is 0 Å². The molecule has 0 N–H and O–H groups in total. The molecule has 1 aromatic carbocycles. The van der Waals surface area contributed by atoms with E-state index >= 15 is 0 Å². The van der Waals surface area contributed by atoms with Gasteiger partial charge in [0.25, 0.3) is 0 Å². The molecule has 0 heterocycles. The smallest absolute Gasteiger partial charge is 0.315 e. The summed E-state index contributed by atoms with van der Waals surface area (Å²) >= 11 is 0. The number of terminal acetylenes is 1. The van der Waals surface area contributed by atoms with Gasteiger partial charge in [0.2, 0.25) is 0 Å². The third kappa shape index (κ3) is 3.86. The van der Waals surface area contributed by atoms with Crippen LogP contribution in [0.4, 0.5) is 0 Å². The van der Waals surface area contributed by atoms with Gasteiger partial charge in [-0.3, -0.25) is 4.79 Å². The van der Waals surface area contributed by atoms with Crippen molar-refractivity contribution in [3.05, 3.63) is 35.4 Å². The third-order valence-electron chi connectivity index (χ3n) is 3.54. The number of hydrogen-bond donors (Lipinski definition) is 0. The first-order valence-corrected chi connectivity index (χ1v) is 6.63. The molecule has 19 heavy (non-hydrogen) atoms. The summed E-state index contributed by atoms with van der Waals surface area (Å²) < 4.78 is 4.99. The zero-order valence-corrected chi connectivity index (χ0v) is 12.0. The molecule has 102 valence electrons. The molecule has 2 nitrogen and oxygen atoms in total. The first kappa shape index (κ1) is 15.3. The van der Waals surface area contributed by atoms with Crippen molar-refractivity contribution < 1.29 is 9.53 Å². The lowest BCUT2D eigenvalue weighted by Crippen LogP contribution is -2.33. The molecule has 0 aromatic heterocycles. The summed E-state index contributed by atoms with van der Waals surface area (Å²) in [6, 6.07) is 8.05. The van der Waals surface area contributed by atoms with Crippen LogP contribution in [-0.4, -0.2) is 13.1 Å². The molecule has 0 aliphatic heterocycles. The minimum atomic E-state index is -0.588. The molecule has 0 saturated heterocycles. The number of aryl methyl sites for hydroxylation is 1. The summed E-state index contributed by atoms with van der Waals surface area (Å²) in [5.74, 6) is 2.45. The molecule has 2 heteroatoms. The highest BCUT2D eigenvalue weighted by Crippen LogP contribution is 2.31. The molecular formula is C17H22O2. The number of rotatable bonds is 6. The van der Waals surface area contributed by atoms with Gasteiger partial charge in [-0.15, -0.1) is 12.3 Å². The Morgan fingerprint density at radius 2 is 2.16 bits per heavy atom. The number of unbranched alkanes of at least 4 members (excludes halogenated alkanes) is 2. The van der Waals surface area contributed by atoms with E-state index in [0.29, 0.717) is 0 Å². The molecule has 1 unspecified atom stereocenters. The van der Waals surface area contributed by atoms with Crippen molar-refractivity contribution in [2.24, 2.45) is 0 Å². The van der Waals surface area contributed by atoms with E-state index in [1.54, 1.807) is 0 Å². The van der Waals surface area contributed by atoms with Crippen LogP contribution in [0.25, 0.3) is 0 Å². The summed E-state index contributed by atoms with van der Waals surface area (Å²) in [5, 5.41) is 0. The zero-order chi connectivity index (χ0) is 14.3. The molecule has 0 spiro atoms. The Labute approximate surface area is 116 Å². The average Bonchev–Trinajstić information content (AvgIpc) is 2.42. The van der Waals surface area contributed by atoms with Crippen LogP contribution in [-0.2, 0) is 14.9 Å². The van der Waals surface area contributed by atoms with E-state index in [2.05, 4.69) is 12.0 Å². The van der Waals surface area contributed by atoms with E-state index in [1.165, 1.54) is 7.11 Å². The minimum Gasteiger partial charge on any atom is -0.468 e. The number of hydrogen-bond acceptors (Lipinski definition) is 2. The highest BCUT2D eigenvalue weighted by molar-refractivity contribution is 5.82. The topological polar surface area (TPSA) is 26.3 Å². The second kappa shape index (κ2) is 6.99. The van der Waals surface area contributed by atoms with Crippen LogP contribution in [0.5, 0.6) is 0 Å². The van der Waals surface area contributed by atoms with Gasteiger partial charge < -0.3 is 4.74 Å². The van der Waals surface area contributed by atoms with E-state index in [0.717, 1.165) is 36.8 Å². The predicted octanol–water partition coefficient (Wildman–Crippen LogP) is 3.62. The molecule has 0 bridgehead atoms. The van der Waals surface area contributed by atoms with Crippen molar-refractivity contribution >= 4 is 5.97 Å². The maximum absolute atomic E-state index is 12.1. The van der Waals surface area contributed by atoms with Crippen LogP contribution in [0.3, 0.4) is 0 Å². The first-order chi connectivity index (χ1) is 9.04. The summed E-state index contributed by atoms with van der Waals surface area (Å²) in [7, 11) is 1.44. The highest BCUT2D eigenvalue weighted by Gasteiger charge is 2.35. The first-order valence-electron chi connectivity index (χ1n) is 6.63. The zero-order valence-electron chi connectivity index (χ0n) is 12.0. The predicted molar refractivity (Wildman–Crippen MR) is 77.8 cm³/mol. The number of ether oxygens (including phenoxy) is 1. The van der Waals surface area contributed by atoms with Crippen LogP contribution in [0.15, 0.2) is 24.3 Å².